The number of hydrogen-bond acceptors (Lipinski definition) is 3. The summed E-state index contributed by atoms with van der Waals surface area (Å²) >= 11 is 5.02. The first-order valence-corrected chi connectivity index (χ1v) is 7.19. The molecular formula is C13H13BrFNOS. The normalized spacial score (nSPS) is 12.6. The van der Waals surface area contributed by atoms with E-state index in [1.807, 2.05) is 17.5 Å². The van der Waals surface area contributed by atoms with Crippen LogP contribution in [0.2, 0.25) is 0 Å². The molecule has 0 spiro atoms. The Hall–Kier alpha value is -0.750. The summed E-state index contributed by atoms with van der Waals surface area (Å²) in [4.78, 5) is 1.18. The minimum Gasteiger partial charge on any atom is -0.394 e. The molecule has 0 saturated heterocycles. The maximum Gasteiger partial charge on any atom is 0.123 e. The largest absolute Gasteiger partial charge is 0.394 e. The zero-order valence-electron chi connectivity index (χ0n) is 9.57. The van der Waals surface area contributed by atoms with Crippen LogP contribution in [-0.2, 0) is 6.54 Å². The molecule has 2 rings (SSSR count). The van der Waals surface area contributed by atoms with E-state index in [0.717, 1.165) is 10.0 Å². The molecule has 2 aromatic rings. The third-order valence-corrected chi connectivity index (χ3v) is 4.22. The SMILES string of the molecule is OCC(NCc1cccs1)c1cc(F)ccc1Br. The van der Waals surface area contributed by atoms with Crippen molar-refractivity contribution in [2.24, 2.45) is 0 Å². The van der Waals surface area contributed by atoms with Gasteiger partial charge in [0, 0.05) is 15.9 Å². The van der Waals surface area contributed by atoms with Gasteiger partial charge in [-0.1, -0.05) is 22.0 Å². The number of nitrogens with one attached hydrogen (secondary N) is 1. The first kappa shape index (κ1) is 13.7. The van der Waals surface area contributed by atoms with Gasteiger partial charge in [0.1, 0.15) is 5.82 Å². The Morgan fingerprint density at radius 3 is 2.89 bits per heavy atom. The first-order valence-electron chi connectivity index (χ1n) is 5.52. The van der Waals surface area contributed by atoms with Gasteiger partial charge in [0.25, 0.3) is 0 Å². The Balaban J connectivity index is 2.10. The van der Waals surface area contributed by atoms with E-state index in [0.29, 0.717) is 6.54 Å². The molecule has 0 aliphatic rings. The Morgan fingerprint density at radius 1 is 1.39 bits per heavy atom. The molecule has 1 aromatic carbocycles. The molecule has 1 unspecified atom stereocenters. The van der Waals surface area contributed by atoms with Gasteiger partial charge in [0.15, 0.2) is 0 Å². The lowest BCUT2D eigenvalue weighted by Crippen LogP contribution is -2.24. The Kier molecular flexibility index (Phi) is 4.88. The van der Waals surface area contributed by atoms with E-state index in [-0.39, 0.29) is 18.5 Å². The van der Waals surface area contributed by atoms with Gasteiger partial charge in [-0.25, -0.2) is 4.39 Å². The lowest BCUT2D eigenvalue weighted by molar-refractivity contribution is 0.243. The van der Waals surface area contributed by atoms with E-state index in [2.05, 4.69) is 21.2 Å². The second-order valence-electron chi connectivity index (χ2n) is 3.86. The maximum atomic E-state index is 13.2. The summed E-state index contributed by atoms with van der Waals surface area (Å²) in [6, 6.07) is 8.20. The average molecular weight is 330 g/mol. The standard InChI is InChI=1S/C13H13BrFNOS/c14-12-4-3-9(15)6-11(12)13(8-17)16-7-10-2-1-5-18-10/h1-6,13,16-17H,7-8H2. The third kappa shape index (κ3) is 3.38. The summed E-state index contributed by atoms with van der Waals surface area (Å²) in [5, 5.41) is 14.6. The molecule has 2 N–H and O–H groups in total. The van der Waals surface area contributed by atoms with Crippen LogP contribution in [0.15, 0.2) is 40.2 Å². The highest BCUT2D eigenvalue weighted by Gasteiger charge is 2.14. The zero-order valence-corrected chi connectivity index (χ0v) is 12.0. The van der Waals surface area contributed by atoms with Crippen molar-refractivity contribution in [3.05, 3.63) is 56.4 Å². The minimum absolute atomic E-state index is 0.0760. The van der Waals surface area contributed by atoms with Crippen LogP contribution in [0, 0.1) is 5.82 Å². The van der Waals surface area contributed by atoms with E-state index in [1.54, 1.807) is 17.4 Å². The van der Waals surface area contributed by atoms with Gasteiger partial charge in [-0.3, -0.25) is 0 Å². The molecule has 0 saturated carbocycles. The van der Waals surface area contributed by atoms with E-state index < -0.39 is 0 Å². The fraction of sp³-hybridized carbons (Fsp3) is 0.231. The molecule has 0 aliphatic carbocycles. The van der Waals surface area contributed by atoms with E-state index in [1.165, 1.54) is 17.0 Å². The van der Waals surface area contributed by atoms with Gasteiger partial charge in [-0.15, -0.1) is 11.3 Å². The smallest absolute Gasteiger partial charge is 0.123 e. The van der Waals surface area contributed by atoms with Crippen molar-refractivity contribution in [1.82, 2.24) is 5.32 Å². The predicted molar refractivity (Wildman–Crippen MR) is 75.1 cm³/mol. The lowest BCUT2D eigenvalue weighted by Gasteiger charge is -2.17. The van der Waals surface area contributed by atoms with Crippen LogP contribution in [0.4, 0.5) is 4.39 Å². The maximum absolute atomic E-state index is 13.2. The fourth-order valence-corrected chi connectivity index (χ4v) is 2.87. The number of aliphatic hydroxyl groups is 1. The molecule has 0 fully saturated rings. The summed E-state index contributed by atoms with van der Waals surface area (Å²) in [6.07, 6.45) is 0. The first-order chi connectivity index (χ1) is 8.70. The Labute approximate surface area is 118 Å². The van der Waals surface area contributed by atoms with E-state index >= 15 is 0 Å². The highest BCUT2D eigenvalue weighted by molar-refractivity contribution is 9.10. The molecule has 1 aromatic heterocycles. The number of benzene rings is 1. The van der Waals surface area contributed by atoms with Gasteiger partial charge in [-0.2, -0.15) is 0 Å². The molecule has 0 aliphatic heterocycles. The van der Waals surface area contributed by atoms with Crippen LogP contribution < -0.4 is 5.32 Å². The van der Waals surface area contributed by atoms with Crippen LogP contribution in [0.25, 0.3) is 0 Å². The van der Waals surface area contributed by atoms with Crippen molar-refractivity contribution in [3.8, 4) is 0 Å². The molecule has 96 valence electrons. The average Bonchev–Trinajstić information content (AvgIpc) is 2.87. The molecule has 1 heterocycles. The van der Waals surface area contributed by atoms with Crippen molar-refractivity contribution in [2.45, 2.75) is 12.6 Å². The van der Waals surface area contributed by atoms with Crippen LogP contribution >= 0.6 is 27.3 Å². The highest BCUT2D eigenvalue weighted by Crippen LogP contribution is 2.24. The number of thiophene rings is 1. The number of rotatable bonds is 5. The summed E-state index contributed by atoms with van der Waals surface area (Å²) in [5.74, 6) is -0.301. The van der Waals surface area contributed by atoms with Crippen LogP contribution in [0.3, 0.4) is 0 Å². The van der Waals surface area contributed by atoms with Crippen molar-refractivity contribution >= 4 is 27.3 Å². The lowest BCUT2D eigenvalue weighted by atomic mass is 10.1. The van der Waals surface area contributed by atoms with Crippen molar-refractivity contribution in [2.75, 3.05) is 6.61 Å². The monoisotopic (exact) mass is 329 g/mol. The second-order valence-corrected chi connectivity index (χ2v) is 5.75. The summed E-state index contributed by atoms with van der Waals surface area (Å²) < 4.78 is 14.0. The Morgan fingerprint density at radius 2 is 2.22 bits per heavy atom. The highest BCUT2D eigenvalue weighted by atomic mass is 79.9. The van der Waals surface area contributed by atoms with Gasteiger partial charge < -0.3 is 10.4 Å². The fourth-order valence-electron chi connectivity index (χ4n) is 1.69. The van der Waals surface area contributed by atoms with Crippen molar-refractivity contribution < 1.29 is 9.50 Å². The summed E-state index contributed by atoms with van der Waals surface area (Å²) in [5.41, 5.74) is 0.731. The van der Waals surface area contributed by atoms with Crippen LogP contribution in [0.5, 0.6) is 0 Å². The van der Waals surface area contributed by atoms with Crippen molar-refractivity contribution in [3.63, 3.8) is 0 Å². The summed E-state index contributed by atoms with van der Waals surface area (Å²) in [7, 11) is 0. The zero-order chi connectivity index (χ0) is 13.0. The summed E-state index contributed by atoms with van der Waals surface area (Å²) in [6.45, 7) is 0.583. The van der Waals surface area contributed by atoms with Gasteiger partial charge in [0.05, 0.1) is 12.6 Å². The third-order valence-electron chi connectivity index (χ3n) is 2.62. The Bertz CT molecular complexity index is 504. The predicted octanol–water partition coefficient (Wildman–Crippen LogP) is 3.47. The topological polar surface area (TPSA) is 32.3 Å². The molecule has 1 atom stereocenters. The number of aliphatic hydroxyl groups excluding tert-OH is 1. The molecule has 5 heteroatoms. The van der Waals surface area contributed by atoms with Gasteiger partial charge in [0.2, 0.25) is 0 Å². The van der Waals surface area contributed by atoms with Gasteiger partial charge in [-0.05, 0) is 35.2 Å². The molecule has 0 radical (unpaired) electrons. The number of halogens is 2. The number of hydrogen-bond donors (Lipinski definition) is 2. The van der Waals surface area contributed by atoms with Crippen LogP contribution in [-0.4, -0.2) is 11.7 Å². The molecule has 18 heavy (non-hydrogen) atoms. The second kappa shape index (κ2) is 6.43. The molecule has 0 bridgehead atoms. The van der Waals surface area contributed by atoms with E-state index in [9.17, 15) is 9.50 Å². The molecule has 2 nitrogen and oxygen atoms in total. The molecular weight excluding hydrogens is 317 g/mol. The van der Waals surface area contributed by atoms with Crippen molar-refractivity contribution in [1.29, 1.82) is 0 Å². The van der Waals surface area contributed by atoms with Crippen LogP contribution in [0.1, 0.15) is 16.5 Å². The molecule has 0 amide bonds. The minimum atomic E-state index is -0.301. The van der Waals surface area contributed by atoms with Gasteiger partial charge >= 0.3 is 0 Å². The quantitative estimate of drug-likeness (QED) is 0.880. The van der Waals surface area contributed by atoms with E-state index in [4.69, 9.17) is 0 Å².